The molecule has 2 aliphatic rings. The highest BCUT2D eigenvalue weighted by molar-refractivity contribution is 5.72. The molecule has 3 N–H and O–H groups in total. The minimum atomic E-state index is -0.382. The Morgan fingerprint density at radius 3 is 2.72 bits per heavy atom. The summed E-state index contributed by atoms with van der Waals surface area (Å²) >= 11 is 0. The van der Waals surface area contributed by atoms with E-state index in [4.69, 9.17) is 20.1 Å². The molecule has 2 aromatic carbocycles. The molecule has 188 valence electrons. The van der Waals surface area contributed by atoms with Gasteiger partial charge in [-0.1, -0.05) is 23.4 Å². The first kappa shape index (κ1) is 25.2. The van der Waals surface area contributed by atoms with Crippen molar-refractivity contribution in [3.8, 4) is 34.7 Å². The number of aliphatic hydroxyl groups excluding tert-OH is 1. The molecule has 9 heteroatoms. The number of urea groups is 1. The predicted molar refractivity (Wildman–Crippen MR) is 134 cm³/mol. The van der Waals surface area contributed by atoms with Crippen molar-refractivity contribution in [3.05, 3.63) is 53.1 Å². The number of aryl methyl sites for hydroxylation is 1. The van der Waals surface area contributed by atoms with Crippen LogP contribution in [0.4, 0.5) is 4.79 Å². The summed E-state index contributed by atoms with van der Waals surface area (Å²) in [6, 6.07) is 13.4. The molecule has 0 bridgehead atoms. The highest BCUT2D eigenvalue weighted by Gasteiger charge is 2.20. The highest BCUT2D eigenvalue weighted by Crippen LogP contribution is 2.33. The second-order valence-corrected chi connectivity index (χ2v) is 9.27. The molecule has 1 aliphatic heterocycles. The van der Waals surface area contributed by atoms with Crippen LogP contribution in [-0.2, 0) is 12.8 Å². The van der Waals surface area contributed by atoms with E-state index in [1.807, 2.05) is 32.0 Å². The summed E-state index contributed by atoms with van der Waals surface area (Å²) in [4.78, 5) is 16.6. The number of benzene rings is 2. The van der Waals surface area contributed by atoms with Gasteiger partial charge in [-0.3, -0.25) is 0 Å². The Bertz CT molecular complexity index is 1260. The quantitative estimate of drug-likeness (QED) is 0.563. The number of aromatic nitrogens is 2. The van der Waals surface area contributed by atoms with Crippen LogP contribution in [0.15, 0.2) is 40.9 Å². The highest BCUT2D eigenvalue weighted by atomic mass is 16.5. The standard InChI is InChI=1S/C21H19N3O2.C6H12N2O2/c1-13(2)25-19-10-9-15(11-16(19)12-22)21-23-20(24-26-21)18-8-4-6-14-5-3-7-17(14)18;7-6(10)8-3-1-5(9)2-4-8/h4,6,8-11,13H,3,5,7H2,1-2H3;5,9H,1-4H2,(H2,7,10). The van der Waals surface area contributed by atoms with Crippen LogP contribution < -0.4 is 10.5 Å². The van der Waals surface area contributed by atoms with E-state index in [9.17, 15) is 10.1 Å². The molecule has 2 amide bonds. The summed E-state index contributed by atoms with van der Waals surface area (Å²) in [6.45, 7) is 5.04. The minimum Gasteiger partial charge on any atom is -0.490 e. The second kappa shape index (κ2) is 11.2. The number of nitrogens with zero attached hydrogens (tertiary/aromatic N) is 4. The van der Waals surface area contributed by atoms with Gasteiger partial charge in [0.25, 0.3) is 5.89 Å². The average Bonchev–Trinajstić information content (AvgIpc) is 3.55. The van der Waals surface area contributed by atoms with Crippen LogP contribution in [0.25, 0.3) is 22.8 Å². The summed E-state index contributed by atoms with van der Waals surface area (Å²) in [6.07, 6.45) is 4.40. The molecule has 1 saturated heterocycles. The topological polar surface area (TPSA) is 138 Å². The van der Waals surface area contributed by atoms with Crippen LogP contribution in [0.3, 0.4) is 0 Å². The number of hydrogen-bond acceptors (Lipinski definition) is 7. The van der Waals surface area contributed by atoms with Gasteiger partial charge in [-0.15, -0.1) is 0 Å². The van der Waals surface area contributed by atoms with Crippen LogP contribution in [-0.4, -0.2) is 51.5 Å². The summed E-state index contributed by atoms with van der Waals surface area (Å²) < 4.78 is 11.1. The summed E-state index contributed by atoms with van der Waals surface area (Å²) in [7, 11) is 0. The number of fused-ring (bicyclic) bond motifs is 1. The van der Waals surface area contributed by atoms with Gasteiger partial charge in [-0.05, 0) is 75.3 Å². The molecule has 2 heterocycles. The Labute approximate surface area is 210 Å². The zero-order valence-electron chi connectivity index (χ0n) is 20.6. The first-order valence-electron chi connectivity index (χ1n) is 12.2. The fraction of sp³-hybridized carbons (Fsp3) is 0.407. The van der Waals surface area contributed by atoms with E-state index in [1.54, 1.807) is 17.0 Å². The molecular formula is C27H31N5O4. The number of hydrogen-bond donors (Lipinski definition) is 2. The van der Waals surface area contributed by atoms with Crippen LogP contribution >= 0.6 is 0 Å². The van der Waals surface area contributed by atoms with Gasteiger partial charge >= 0.3 is 6.03 Å². The third-order valence-electron chi connectivity index (χ3n) is 6.30. The lowest BCUT2D eigenvalue weighted by molar-refractivity contribution is 0.0961. The summed E-state index contributed by atoms with van der Waals surface area (Å²) in [5, 5.41) is 22.6. The third-order valence-corrected chi connectivity index (χ3v) is 6.30. The Kier molecular flexibility index (Phi) is 7.86. The van der Waals surface area contributed by atoms with Gasteiger partial charge in [0.2, 0.25) is 5.82 Å². The maximum absolute atomic E-state index is 10.5. The number of likely N-dealkylation sites (tertiary alicyclic amines) is 1. The number of carbonyl (C=O) groups is 1. The lowest BCUT2D eigenvalue weighted by atomic mass is 10.0. The Hall–Kier alpha value is -3.90. The van der Waals surface area contributed by atoms with Crippen molar-refractivity contribution in [2.24, 2.45) is 5.73 Å². The Morgan fingerprint density at radius 1 is 1.25 bits per heavy atom. The first-order valence-corrected chi connectivity index (χ1v) is 12.2. The molecule has 1 aliphatic carbocycles. The van der Waals surface area contributed by atoms with E-state index in [1.165, 1.54) is 17.5 Å². The van der Waals surface area contributed by atoms with Crippen molar-refractivity contribution in [2.75, 3.05) is 13.1 Å². The monoisotopic (exact) mass is 489 g/mol. The van der Waals surface area contributed by atoms with Gasteiger partial charge in [-0.2, -0.15) is 10.2 Å². The summed E-state index contributed by atoms with van der Waals surface area (Å²) in [5.74, 6) is 1.56. The minimum absolute atomic E-state index is 0.00290. The average molecular weight is 490 g/mol. The smallest absolute Gasteiger partial charge is 0.314 e. The van der Waals surface area contributed by atoms with Crippen LogP contribution in [0.1, 0.15) is 49.8 Å². The molecule has 0 unspecified atom stereocenters. The summed E-state index contributed by atoms with van der Waals surface area (Å²) in [5.41, 5.74) is 9.91. The van der Waals surface area contributed by atoms with E-state index < -0.39 is 0 Å². The molecule has 36 heavy (non-hydrogen) atoms. The number of aliphatic hydroxyl groups is 1. The van der Waals surface area contributed by atoms with Crippen molar-refractivity contribution < 1.29 is 19.2 Å². The van der Waals surface area contributed by atoms with Gasteiger partial charge in [0.05, 0.1) is 17.8 Å². The van der Waals surface area contributed by atoms with Gasteiger partial charge in [0.1, 0.15) is 11.8 Å². The second-order valence-electron chi connectivity index (χ2n) is 9.27. The zero-order valence-corrected chi connectivity index (χ0v) is 20.6. The van der Waals surface area contributed by atoms with E-state index in [2.05, 4.69) is 22.3 Å². The SMILES string of the molecule is CC(C)Oc1ccc(-c2nc(-c3cccc4c3CCC4)no2)cc1C#N.NC(=O)N1CCC(O)CC1. The maximum atomic E-state index is 10.5. The lowest BCUT2D eigenvalue weighted by Gasteiger charge is -2.27. The van der Waals surface area contributed by atoms with E-state index in [-0.39, 0.29) is 18.2 Å². The molecule has 1 aromatic heterocycles. The third kappa shape index (κ3) is 5.83. The van der Waals surface area contributed by atoms with Crippen LogP contribution in [0.2, 0.25) is 0 Å². The number of rotatable bonds is 4. The number of ether oxygens (including phenoxy) is 1. The molecule has 0 saturated carbocycles. The molecule has 0 radical (unpaired) electrons. The lowest BCUT2D eigenvalue weighted by Crippen LogP contribution is -2.42. The Morgan fingerprint density at radius 2 is 2.03 bits per heavy atom. The Balaban J connectivity index is 0.000000256. The molecule has 0 spiro atoms. The van der Waals surface area contributed by atoms with Gasteiger partial charge in [0, 0.05) is 24.2 Å². The molecule has 3 aromatic rings. The molecule has 0 atom stereocenters. The number of nitrogens with two attached hydrogens (primary N) is 1. The molecule has 5 rings (SSSR count). The van der Waals surface area contributed by atoms with Crippen molar-refractivity contribution in [1.82, 2.24) is 15.0 Å². The van der Waals surface area contributed by atoms with Gasteiger partial charge < -0.3 is 25.0 Å². The number of piperidine rings is 1. The van der Waals surface area contributed by atoms with Crippen LogP contribution in [0, 0.1) is 11.3 Å². The van der Waals surface area contributed by atoms with E-state index in [0.29, 0.717) is 54.5 Å². The van der Waals surface area contributed by atoms with Crippen molar-refractivity contribution >= 4 is 6.03 Å². The van der Waals surface area contributed by atoms with E-state index in [0.717, 1.165) is 18.4 Å². The first-order chi connectivity index (χ1) is 17.4. The molecular weight excluding hydrogens is 458 g/mol. The van der Waals surface area contributed by atoms with Crippen LogP contribution in [0.5, 0.6) is 5.75 Å². The largest absolute Gasteiger partial charge is 0.490 e. The van der Waals surface area contributed by atoms with Crippen molar-refractivity contribution in [2.45, 2.75) is 58.2 Å². The van der Waals surface area contributed by atoms with Gasteiger partial charge in [0.15, 0.2) is 0 Å². The van der Waals surface area contributed by atoms with Crippen molar-refractivity contribution in [3.63, 3.8) is 0 Å². The van der Waals surface area contributed by atoms with Crippen molar-refractivity contribution in [1.29, 1.82) is 5.26 Å². The van der Waals surface area contributed by atoms with E-state index >= 15 is 0 Å². The number of carbonyl (C=O) groups excluding carboxylic acids is 1. The molecule has 1 fully saturated rings. The molecule has 9 nitrogen and oxygen atoms in total. The normalized spacial score (nSPS) is 15.1. The van der Waals surface area contributed by atoms with Gasteiger partial charge in [-0.25, -0.2) is 4.79 Å². The number of nitriles is 1. The maximum Gasteiger partial charge on any atom is 0.314 e. The fourth-order valence-corrected chi connectivity index (χ4v) is 4.47. The zero-order chi connectivity index (χ0) is 25.7. The number of amides is 2. The fourth-order valence-electron chi connectivity index (χ4n) is 4.47. The number of primary amides is 1. The predicted octanol–water partition coefficient (Wildman–Crippen LogP) is 4.07.